The lowest BCUT2D eigenvalue weighted by atomic mass is 10.1. The summed E-state index contributed by atoms with van der Waals surface area (Å²) in [5.41, 5.74) is 0. The molecule has 1 aliphatic heterocycles. The molecule has 0 aromatic rings. The number of piperazine rings is 1. The van der Waals surface area contributed by atoms with Crippen LogP contribution in [0.1, 0.15) is 32.1 Å². The van der Waals surface area contributed by atoms with E-state index in [1.54, 1.807) is 0 Å². The lowest BCUT2D eigenvalue weighted by Crippen LogP contribution is -2.52. The highest BCUT2D eigenvalue weighted by atomic mass is 16.3. The van der Waals surface area contributed by atoms with Crippen molar-refractivity contribution >= 4 is 0 Å². The van der Waals surface area contributed by atoms with Crippen molar-refractivity contribution in [2.45, 2.75) is 44.2 Å². The third-order valence-electron chi connectivity index (χ3n) is 4.61. The lowest BCUT2D eigenvalue weighted by Gasteiger charge is -2.39. The van der Waals surface area contributed by atoms with Crippen LogP contribution in [0.25, 0.3) is 0 Å². The van der Waals surface area contributed by atoms with Crippen LogP contribution in [-0.4, -0.2) is 73.4 Å². The number of hydrogen-bond donors (Lipinski definition) is 2. The van der Waals surface area contributed by atoms with Gasteiger partial charge in [0.1, 0.15) is 0 Å². The minimum absolute atomic E-state index is 0.285. The number of aliphatic hydroxyl groups is 1. The fraction of sp³-hybridized carbons (Fsp3) is 1.00. The molecule has 1 saturated heterocycles. The van der Waals surface area contributed by atoms with Crippen molar-refractivity contribution in [1.82, 2.24) is 15.1 Å². The molecule has 0 radical (unpaired) electrons. The number of rotatable bonds is 6. The summed E-state index contributed by atoms with van der Waals surface area (Å²) in [4.78, 5) is 5.24. The van der Waals surface area contributed by atoms with Gasteiger partial charge in [-0.05, 0) is 26.3 Å². The van der Waals surface area contributed by atoms with Crippen molar-refractivity contribution in [3.05, 3.63) is 0 Å². The lowest BCUT2D eigenvalue weighted by molar-refractivity contribution is 0.0893. The fourth-order valence-electron chi connectivity index (χ4n) is 3.37. The Labute approximate surface area is 111 Å². The van der Waals surface area contributed by atoms with Crippen molar-refractivity contribution in [2.24, 2.45) is 0 Å². The summed E-state index contributed by atoms with van der Waals surface area (Å²) in [6.07, 6.45) is 6.57. The predicted molar refractivity (Wildman–Crippen MR) is 74.8 cm³/mol. The molecule has 4 nitrogen and oxygen atoms in total. The molecular formula is C14H29N3O. The Hall–Kier alpha value is -0.160. The Balaban J connectivity index is 1.69. The van der Waals surface area contributed by atoms with Crippen molar-refractivity contribution < 1.29 is 5.11 Å². The Kier molecular flexibility index (Phi) is 5.89. The molecule has 2 N–H and O–H groups in total. The first-order chi connectivity index (χ1) is 8.83. The first kappa shape index (κ1) is 14.3. The van der Waals surface area contributed by atoms with Gasteiger partial charge in [0, 0.05) is 51.4 Å². The summed E-state index contributed by atoms with van der Waals surface area (Å²) in [7, 11) is 2.00. The Bertz CT molecular complexity index is 223. The summed E-state index contributed by atoms with van der Waals surface area (Å²) < 4.78 is 0. The second-order valence-corrected chi connectivity index (χ2v) is 5.77. The molecule has 1 aliphatic carbocycles. The van der Waals surface area contributed by atoms with Gasteiger partial charge in [0.2, 0.25) is 0 Å². The quantitative estimate of drug-likeness (QED) is 0.726. The molecule has 0 aromatic heterocycles. The third kappa shape index (κ3) is 3.92. The van der Waals surface area contributed by atoms with Gasteiger partial charge < -0.3 is 10.4 Å². The van der Waals surface area contributed by atoms with E-state index in [1.807, 2.05) is 7.05 Å². The van der Waals surface area contributed by atoms with Gasteiger partial charge in [0.25, 0.3) is 0 Å². The van der Waals surface area contributed by atoms with Crippen molar-refractivity contribution in [1.29, 1.82) is 0 Å². The summed E-state index contributed by atoms with van der Waals surface area (Å²) in [5.74, 6) is 0. The number of nitrogens with zero attached hydrogens (tertiary/aromatic N) is 2. The smallest absolute Gasteiger partial charge is 0.0446 e. The van der Waals surface area contributed by atoms with E-state index < -0.39 is 0 Å². The van der Waals surface area contributed by atoms with Crippen LogP contribution in [0, 0.1) is 0 Å². The third-order valence-corrected chi connectivity index (χ3v) is 4.61. The summed E-state index contributed by atoms with van der Waals surface area (Å²) in [5, 5.41) is 12.3. The first-order valence-corrected chi connectivity index (χ1v) is 7.58. The maximum Gasteiger partial charge on any atom is 0.0446 e. The number of nitrogens with one attached hydrogen (secondary N) is 1. The monoisotopic (exact) mass is 255 g/mol. The maximum atomic E-state index is 9.02. The molecule has 0 amide bonds. The zero-order chi connectivity index (χ0) is 12.8. The molecule has 106 valence electrons. The maximum absolute atomic E-state index is 9.02. The molecule has 0 bridgehead atoms. The van der Waals surface area contributed by atoms with E-state index in [0.29, 0.717) is 6.04 Å². The number of hydrogen-bond acceptors (Lipinski definition) is 4. The summed E-state index contributed by atoms with van der Waals surface area (Å²) >= 11 is 0. The van der Waals surface area contributed by atoms with Gasteiger partial charge in [-0.2, -0.15) is 0 Å². The molecule has 4 heteroatoms. The van der Waals surface area contributed by atoms with Crippen LogP contribution in [0.3, 0.4) is 0 Å². The fourth-order valence-corrected chi connectivity index (χ4v) is 3.37. The highest BCUT2D eigenvalue weighted by Gasteiger charge is 2.26. The second-order valence-electron chi connectivity index (χ2n) is 5.77. The zero-order valence-electron chi connectivity index (χ0n) is 11.8. The number of likely N-dealkylation sites (N-methyl/N-ethyl adjacent to an activating group) is 1. The van der Waals surface area contributed by atoms with Crippen molar-refractivity contribution in [2.75, 3.05) is 46.4 Å². The van der Waals surface area contributed by atoms with E-state index in [2.05, 4.69) is 15.1 Å². The minimum atomic E-state index is 0.285. The zero-order valence-corrected chi connectivity index (χ0v) is 11.8. The largest absolute Gasteiger partial charge is 0.396 e. The molecule has 2 fully saturated rings. The second kappa shape index (κ2) is 7.43. The Morgan fingerprint density at radius 3 is 2.39 bits per heavy atom. The van der Waals surface area contributed by atoms with Crippen molar-refractivity contribution in [3.8, 4) is 0 Å². The molecule has 1 saturated carbocycles. The van der Waals surface area contributed by atoms with Gasteiger partial charge in [0.05, 0.1) is 0 Å². The first-order valence-electron chi connectivity index (χ1n) is 7.58. The van der Waals surface area contributed by atoms with Gasteiger partial charge in [-0.15, -0.1) is 0 Å². The average Bonchev–Trinajstić information content (AvgIpc) is 2.93. The molecule has 2 aliphatic rings. The van der Waals surface area contributed by atoms with Crippen LogP contribution in [0.5, 0.6) is 0 Å². The van der Waals surface area contributed by atoms with Crippen LogP contribution in [0.2, 0.25) is 0 Å². The van der Waals surface area contributed by atoms with Crippen molar-refractivity contribution in [3.63, 3.8) is 0 Å². The van der Waals surface area contributed by atoms with Gasteiger partial charge in [-0.1, -0.05) is 12.8 Å². The van der Waals surface area contributed by atoms with E-state index in [4.69, 9.17) is 5.11 Å². The van der Waals surface area contributed by atoms with Crippen LogP contribution >= 0.6 is 0 Å². The van der Waals surface area contributed by atoms with Crippen LogP contribution in [0.15, 0.2) is 0 Å². The Morgan fingerprint density at radius 2 is 1.83 bits per heavy atom. The van der Waals surface area contributed by atoms with Crippen LogP contribution in [0.4, 0.5) is 0 Å². The topological polar surface area (TPSA) is 38.7 Å². The van der Waals surface area contributed by atoms with Gasteiger partial charge in [-0.25, -0.2) is 0 Å². The predicted octanol–water partition coefficient (Wildman–Crippen LogP) is 0.517. The molecule has 18 heavy (non-hydrogen) atoms. The van der Waals surface area contributed by atoms with Gasteiger partial charge in [-0.3, -0.25) is 9.80 Å². The highest BCUT2D eigenvalue weighted by Crippen LogP contribution is 2.24. The number of aliphatic hydroxyl groups excluding tert-OH is 1. The van der Waals surface area contributed by atoms with Gasteiger partial charge >= 0.3 is 0 Å². The van der Waals surface area contributed by atoms with Crippen LogP contribution < -0.4 is 5.32 Å². The van der Waals surface area contributed by atoms with Gasteiger partial charge in [0.15, 0.2) is 0 Å². The van der Waals surface area contributed by atoms with E-state index in [1.165, 1.54) is 51.9 Å². The average molecular weight is 255 g/mol. The van der Waals surface area contributed by atoms with E-state index in [0.717, 1.165) is 19.0 Å². The molecule has 0 spiro atoms. The van der Waals surface area contributed by atoms with E-state index in [-0.39, 0.29) is 6.61 Å². The molecule has 0 aromatic carbocycles. The normalized spacial score (nSPS) is 25.7. The highest BCUT2D eigenvalue weighted by molar-refractivity contribution is 4.83. The molecule has 1 atom stereocenters. The van der Waals surface area contributed by atoms with E-state index in [9.17, 15) is 0 Å². The standard InChI is InChI=1S/C14H29N3O/c1-15-13(6-11-18)12-16-7-9-17(10-8-16)14-4-2-3-5-14/h13-15,18H,2-12H2,1H3. The van der Waals surface area contributed by atoms with Crippen LogP contribution in [-0.2, 0) is 0 Å². The summed E-state index contributed by atoms with van der Waals surface area (Å²) in [6, 6.07) is 1.32. The van der Waals surface area contributed by atoms with E-state index >= 15 is 0 Å². The molecule has 2 rings (SSSR count). The minimum Gasteiger partial charge on any atom is -0.396 e. The molecule has 1 heterocycles. The molecule has 1 unspecified atom stereocenters. The molecular weight excluding hydrogens is 226 g/mol. The Morgan fingerprint density at radius 1 is 1.17 bits per heavy atom. The SMILES string of the molecule is CNC(CCO)CN1CCN(C2CCCC2)CC1. The summed E-state index contributed by atoms with van der Waals surface area (Å²) in [6.45, 7) is 6.23.